The van der Waals surface area contributed by atoms with Gasteiger partial charge >= 0.3 is 0 Å². The molecule has 0 aliphatic rings. The topological polar surface area (TPSA) is 17.1 Å². The fourth-order valence-electron chi connectivity index (χ4n) is 1.15. The SMILES string of the molecule is CC#CCCC(=O)c1cc(Br)ccc1F. The molecule has 0 N–H and O–H groups in total. The van der Waals surface area contributed by atoms with Crippen molar-refractivity contribution in [2.75, 3.05) is 0 Å². The normalized spacial score (nSPS) is 9.27. The number of halogens is 2. The first kappa shape index (κ1) is 11.9. The Morgan fingerprint density at radius 2 is 2.27 bits per heavy atom. The van der Waals surface area contributed by atoms with Gasteiger partial charge in [0.1, 0.15) is 5.82 Å². The molecule has 0 aliphatic carbocycles. The van der Waals surface area contributed by atoms with E-state index >= 15 is 0 Å². The highest BCUT2D eigenvalue weighted by Crippen LogP contribution is 2.17. The Morgan fingerprint density at radius 3 is 2.93 bits per heavy atom. The van der Waals surface area contributed by atoms with E-state index in [1.54, 1.807) is 13.0 Å². The van der Waals surface area contributed by atoms with Crippen LogP contribution in [0.2, 0.25) is 0 Å². The largest absolute Gasteiger partial charge is 0.294 e. The first-order chi connectivity index (χ1) is 7.15. The van der Waals surface area contributed by atoms with Gasteiger partial charge in [0.25, 0.3) is 0 Å². The zero-order chi connectivity index (χ0) is 11.3. The van der Waals surface area contributed by atoms with Crippen molar-refractivity contribution in [3.63, 3.8) is 0 Å². The van der Waals surface area contributed by atoms with E-state index in [0.717, 1.165) is 0 Å². The molecule has 0 saturated heterocycles. The first-order valence-corrected chi connectivity index (χ1v) is 5.32. The third kappa shape index (κ3) is 3.49. The smallest absolute Gasteiger partial charge is 0.166 e. The minimum atomic E-state index is -0.479. The van der Waals surface area contributed by atoms with Crippen LogP contribution in [0.25, 0.3) is 0 Å². The highest BCUT2D eigenvalue weighted by molar-refractivity contribution is 9.10. The summed E-state index contributed by atoms with van der Waals surface area (Å²) in [4.78, 5) is 11.6. The van der Waals surface area contributed by atoms with Gasteiger partial charge in [0.05, 0.1) is 5.56 Å². The van der Waals surface area contributed by atoms with Crippen molar-refractivity contribution in [3.05, 3.63) is 34.1 Å². The predicted molar refractivity (Wildman–Crippen MR) is 61.1 cm³/mol. The summed E-state index contributed by atoms with van der Waals surface area (Å²) in [7, 11) is 0. The molecule has 0 heterocycles. The lowest BCUT2D eigenvalue weighted by Crippen LogP contribution is -2.01. The van der Waals surface area contributed by atoms with Crippen LogP contribution in [0.15, 0.2) is 22.7 Å². The lowest BCUT2D eigenvalue weighted by molar-refractivity contribution is 0.0980. The van der Waals surface area contributed by atoms with E-state index in [1.165, 1.54) is 12.1 Å². The van der Waals surface area contributed by atoms with Crippen molar-refractivity contribution in [3.8, 4) is 11.8 Å². The standard InChI is InChI=1S/C12H10BrFO/c1-2-3-4-5-12(15)10-8-9(13)6-7-11(10)14/h6-8H,4-5H2,1H3. The van der Waals surface area contributed by atoms with Gasteiger partial charge in [-0.2, -0.15) is 0 Å². The van der Waals surface area contributed by atoms with Crippen molar-refractivity contribution >= 4 is 21.7 Å². The number of rotatable bonds is 3. The lowest BCUT2D eigenvalue weighted by Gasteiger charge is -2.01. The van der Waals surface area contributed by atoms with Crippen LogP contribution in [-0.2, 0) is 0 Å². The molecule has 0 bridgehead atoms. The minimum Gasteiger partial charge on any atom is -0.294 e. The number of Topliss-reactive ketones (excluding diaryl/α,β-unsaturated/α-hetero) is 1. The number of hydrogen-bond acceptors (Lipinski definition) is 1. The number of carbonyl (C=O) groups is 1. The molecule has 0 aliphatic heterocycles. The molecule has 0 saturated carbocycles. The second kappa shape index (κ2) is 5.67. The van der Waals surface area contributed by atoms with Crippen LogP contribution in [0.4, 0.5) is 4.39 Å². The van der Waals surface area contributed by atoms with Crippen molar-refractivity contribution in [2.45, 2.75) is 19.8 Å². The molecule has 0 unspecified atom stereocenters. The first-order valence-electron chi connectivity index (χ1n) is 4.53. The molecule has 1 aromatic carbocycles. The number of benzene rings is 1. The average Bonchev–Trinajstić information content (AvgIpc) is 2.22. The van der Waals surface area contributed by atoms with Gasteiger partial charge in [-0.3, -0.25) is 4.79 Å². The van der Waals surface area contributed by atoms with Gasteiger partial charge in [-0.25, -0.2) is 4.39 Å². The molecule has 0 radical (unpaired) electrons. The van der Waals surface area contributed by atoms with Crippen molar-refractivity contribution in [1.29, 1.82) is 0 Å². The van der Waals surface area contributed by atoms with Crippen LogP contribution < -0.4 is 0 Å². The molecule has 0 amide bonds. The molecule has 3 heteroatoms. The maximum atomic E-state index is 13.3. The van der Waals surface area contributed by atoms with Crippen LogP contribution in [-0.4, -0.2) is 5.78 Å². The van der Waals surface area contributed by atoms with Gasteiger partial charge in [0, 0.05) is 17.3 Å². The highest BCUT2D eigenvalue weighted by atomic mass is 79.9. The lowest BCUT2D eigenvalue weighted by atomic mass is 10.1. The fourth-order valence-corrected chi connectivity index (χ4v) is 1.51. The van der Waals surface area contributed by atoms with E-state index in [0.29, 0.717) is 10.9 Å². The third-order valence-electron chi connectivity index (χ3n) is 1.88. The second-order valence-electron chi connectivity index (χ2n) is 2.97. The molecule has 0 spiro atoms. The third-order valence-corrected chi connectivity index (χ3v) is 2.38. The van der Waals surface area contributed by atoms with Gasteiger partial charge in [-0.05, 0) is 25.1 Å². The van der Waals surface area contributed by atoms with Crippen LogP contribution >= 0.6 is 15.9 Å². The van der Waals surface area contributed by atoms with Gasteiger partial charge in [0.2, 0.25) is 0 Å². The summed E-state index contributed by atoms with van der Waals surface area (Å²) in [6, 6.07) is 4.35. The molecule has 1 rings (SSSR count). The van der Waals surface area contributed by atoms with Gasteiger partial charge in [0.15, 0.2) is 5.78 Å². The zero-order valence-electron chi connectivity index (χ0n) is 8.31. The predicted octanol–water partition coefficient (Wildman–Crippen LogP) is 3.57. The Kier molecular flexibility index (Phi) is 4.51. The van der Waals surface area contributed by atoms with Crippen LogP contribution in [0.1, 0.15) is 30.1 Å². The molecule has 78 valence electrons. The quantitative estimate of drug-likeness (QED) is 0.605. The summed E-state index contributed by atoms with van der Waals surface area (Å²) in [5.74, 6) is 4.78. The van der Waals surface area contributed by atoms with Crippen LogP contribution in [0.3, 0.4) is 0 Å². The van der Waals surface area contributed by atoms with Crippen LogP contribution in [0, 0.1) is 17.7 Å². The summed E-state index contributed by atoms with van der Waals surface area (Å²) >= 11 is 3.20. The number of hydrogen-bond donors (Lipinski definition) is 0. The molecule has 1 nitrogen and oxygen atoms in total. The van der Waals surface area contributed by atoms with E-state index in [9.17, 15) is 9.18 Å². The molecule has 15 heavy (non-hydrogen) atoms. The van der Waals surface area contributed by atoms with Gasteiger partial charge in [-0.1, -0.05) is 15.9 Å². The van der Waals surface area contributed by atoms with Crippen LogP contribution in [0.5, 0.6) is 0 Å². The molecule has 0 fully saturated rings. The van der Waals surface area contributed by atoms with E-state index in [-0.39, 0.29) is 17.8 Å². The average molecular weight is 269 g/mol. The Labute approximate surface area is 96.8 Å². The second-order valence-corrected chi connectivity index (χ2v) is 3.89. The van der Waals surface area contributed by atoms with E-state index in [4.69, 9.17) is 0 Å². The molecule has 1 aromatic rings. The fraction of sp³-hybridized carbons (Fsp3) is 0.250. The molecule has 0 atom stereocenters. The van der Waals surface area contributed by atoms with Crippen molar-refractivity contribution in [1.82, 2.24) is 0 Å². The van der Waals surface area contributed by atoms with E-state index in [1.807, 2.05) is 0 Å². The molecular formula is C12H10BrFO. The van der Waals surface area contributed by atoms with Gasteiger partial charge < -0.3 is 0 Å². The Morgan fingerprint density at radius 1 is 1.53 bits per heavy atom. The molecule has 0 aromatic heterocycles. The zero-order valence-corrected chi connectivity index (χ0v) is 9.90. The van der Waals surface area contributed by atoms with Gasteiger partial charge in [-0.15, -0.1) is 11.8 Å². The van der Waals surface area contributed by atoms with Crippen molar-refractivity contribution < 1.29 is 9.18 Å². The molecular weight excluding hydrogens is 259 g/mol. The Hall–Kier alpha value is -1.14. The Balaban J connectivity index is 2.80. The minimum absolute atomic E-state index is 0.127. The maximum absolute atomic E-state index is 13.3. The number of carbonyl (C=O) groups excluding carboxylic acids is 1. The summed E-state index contributed by atoms with van der Waals surface area (Å²) in [5, 5.41) is 0. The summed E-state index contributed by atoms with van der Waals surface area (Å²) in [6.45, 7) is 1.71. The summed E-state index contributed by atoms with van der Waals surface area (Å²) < 4.78 is 14.0. The monoisotopic (exact) mass is 268 g/mol. The van der Waals surface area contributed by atoms with E-state index in [2.05, 4.69) is 27.8 Å². The number of ketones is 1. The summed E-state index contributed by atoms with van der Waals surface area (Å²) in [5.41, 5.74) is 0.127. The maximum Gasteiger partial charge on any atom is 0.166 e. The van der Waals surface area contributed by atoms with E-state index < -0.39 is 5.82 Å². The Bertz CT molecular complexity index is 429. The highest BCUT2D eigenvalue weighted by Gasteiger charge is 2.10. The van der Waals surface area contributed by atoms with Crippen molar-refractivity contribution in [2.24, 2.45) is 0 Å². The summed E-state index contributed by atoms with van der Waals surface area (Å²) in [6.07, 6.45) is 0.732.